The van der Waals surface area contributed by atoms with Crippen LogP contribution in [0.4, 0.5) is 0 Å². The molecule has 0 saturated heterocycles. The van der Waals surface area contributed by atoms with Gasteiger partial charge in [0.2, 0.25) is 0 Å². The summed E-state index contributed by atoms with van der Waals surface area (Å²) in [5.74, 6) is -0.926. The summed E-state index contributed by atoms with van der Waals surface area (Å²) in [5.41, 5.74) is -0.155. The minimum absolute atomic E-state index is 0.904. The zero-order valence-electron chi connectivity index (χ0n) is 8.27. The summed E-state index contributed by atoms with van der Waals surface area (Å²) in [7, 11) is 0. The lowest BCUT2D eigenvalue weighted by Gasteiger charge is -2.12. The van der Waals surface area contributed by atoms with Crippen LogP contribution in [0.15, 0.2) is 35.3 Å². The number of rotatable bonds is 3. The fourth-order valence-corrected chi connectivity index (χ4v) is 0.830. The van der Waals surface area contributed by atoms with Gasteiger partial charge in [-0.25, -0.2) is 4.79 Å². The lowest BCUT2D eigenvalue weighted by molar-refractivity contribution is -0.141. The van der Waals surface area contributed by atoms with Gasteiger partial charge in [0.15, 0.2) is 5.54 Å². The molecule has 1 aromatic rings. The summed E-state index contributed by atoms with van der Waals surface area (Å²) < 4.78 is 0. The molecule has 0 heterocycles. The highest BCUT2D eigenvalue weighted by molar-refractivity contribution is 5.85. The van der Waals surface area contributed by atoms with E-state index >= 15 is 0 Å². The fourth-order valence-electron chi connectivity index (χ4n) is 0.830. The average molecular weight is 191 g/mol. The maximum Gasteiger partial charge on any atom is 0.330 e. The van der Waals surface area contributed by atoms with Crippen LogP contribution in [0, 0.1) is 0 Å². The normalized spacial score (nSPS) is 11.9. The number of carboxylic acids is 1. The first kappa shape index (κ1) is 10.4. The van der Waals surface area contributed by atoms with E-state index in [-0.39, 0.29) is 0 Å². The Morgan fingerprint density at radius 3 is 2.43 bits per heavy atom. The maximum absolute atomic E-state index is 10.7. The molecule has 0 aliphatic rings. The third kappa shape index (κ3) is 2.69. The minimum atomic E-state index is -1.06. The Bertz CT molecular complexity index is 342. The first-order valence-electron chi connectivity index (χ1n) is 4.36. The van der Waals surface area contributed by atoms with E-state index in [2.05, 4.69) is 4.99 Å². The van der Waals surface area contributed by atoms with Gasteiger partial charge in [0, 0.05) is 6.21 Å². The largest absolute Gasteiger partial charge is 0.479 e. The summed E-state index contributed by atoms with van der Waals surface area (Å²) in [6, 6.07) is 9.42. The molecule has 1 aromatic carbocycles. The molecule has 0 radical (unpaired) electrons. The van der Waals surface area contributed by atoms with Crippen molar-refractivity contribution in [2.45, 2.75) is 19.4 Å². The van der Waals surface area contributed by atoms with Gasteiger partial charge in [0.1, 0.15) is 0 Å². The van der Waals surface area contributed by atoms with E-state index in [1.807, 2.05) is 30.3 Å². The molecule has 3 heteroatoms. The molecule has 0 amide bonds. The van der Waals surface area contributed by atoms with Gasteiger partial charge in [0.25, 0.3) is 0 Å². The second-order valence-corrected chi connectivity index (χ2v) is 3.53. The van der Waals surface area contributed by atoms with E-state index < -0.39 is 11.5 Å². The highest BCUT2D eigenvalue weighted by atomic mass is 16.4. The van der Waals surface area contributed by atoms with Crippen molar-refractivity contribution in [2.24, 2.45) is 4.99 Å². The third-order valence-corrected chi connectivity index (χ3v) is 1.86. The van der Waals surface area contributed by atoms with E-state index in [0.717, 1.165) is 5.56 Å². The van der Waals surface area contributed by atoms with E-state index in [4.69, 9.17) is 5.11 Å². The molecular weight excluding hydrogens is 178 g/mol. The van der Waals surface area contributed by atoms with Crippen molar-refractivity contribution < 1.29 is 9.90 Å². The smallest absolute Gasteiger partial charge is 0.330 e. The summed E-state index contributed by atoms with van der Waals surface area (Å²) >= 11 is 0. The Balaban J connectivity index is 2.79. The molecule has 0 fully saturated rings. The van der Waals surface area contributed by atoms with E-state index in [9.17, 15) is 4.79 Å². The predicted molar refractivity (Wildman–Crippen MR) is 55.8 cm³/mol. The van der Waals surface area contributed by atoms with Crippen LogP contribution < -0.4 is 0 Å². The summed E-state index contributed by atoms with van der Waals surface area (Å²) in [4.78, 5) is 14.7. The number of carbonyl (C=O) groups is 1. The van der Waals surface area contributed by atoms with Crippen molar-refractivity contribution in [1.82, 2.24) is 0 Å². The van der Waals surface area contributed by atoms with Crippen LogP contribution in [0.5, 0.6) is 0 Å². The van der Waals surface area contributed by atoms with Gasteiger partial charge in [0.05, 0.1) is 0 Å². The Morgan fingerprint density at radius 2 is 1.93 bits per heavy atom. The van der Waals surface area contributed by atoms with E-state index in [1.54, 1.807) is 20.1 Å². The molecule has 74 valence electrons. The van der Waals surface area contributed by atoms with Crippen molar-refractivity contribution in [3.05, 3.63) is 35.9 Å². The Morgan fingerprint density at radius 1 is 1.36 bits per heavy atom. The van der Waals surface area contributed by atoms with Crippen LogP contribution >= 0.6 is 0 Å². The molecule has 0 spiro atoms. The highest BCUT2D eigenvalue weighted by Gasteiger charge is 2.24. The predicted octanol–water partition coefficient (Wildman–Crippen LogP) is 1.97. The Hall–Kier alpha value is -1.64. The average Bonchev–Trinajstić information content (AvgIpc) is 2.16. The number of hydrogen-bond acceptors (Lipinski definition) is 2. The second-order valence-electron chi connectivity index (χ2n) is 3.53. The SMILES string of the molecule is CC(C)(N=Cc1ccccc1)C(=O)O. The van der Waals surface area contributed by atoms with Crippen LogP contribution in [0.3, 0.4) is 0 Å². The number of nitrogens with zero attached hydrogens (tertiary/aromatic N) is 1. The van der Waals surface area contributed by atoms with E-state index in [1.165, 1.54) is 0 Å². The molecule has 3 nitrogen and oxygen atoms in total. The molecule has 0 bridgehead atoms. The third-order valence-electron chi connectivity index (χ3n) is 1.86. The molecule has 1 rings (SSSR count). The van der Waals surface area contributed by atoms with Crippen molar-refractivity contribution in [3.8, 4) is 0 Å². The molecule has 0 aliphatic carbocycles. The van der Waals surface area contributed by atoms with Crippen LogP contribution in [-0.4, -0.2) is 22.8 Å². The molecule has 1 N–H and O–H groups in total. The second kappa shape index (κ2) is 4.05. The van der Waals surface area contributed by atoms with Gasteiger partial charge in [-0.1, -0.05) is 30.3 Å². The molecule has 0 saturated carbocycles. The number of hydrogen-bond donors (Lipinski definition) is 1. The van der Waals surface area contributed by atoms with Gasteiger partial charge < -0.3 is 5.11 Å². The first-order chi connectivity index (χ1) is 6.52. The maximum atomic E-state index is 10.7. The summed E-state index contributed by atoms with van der Waals surface area (Å²) in [6.07, 6.45) is 1.58. The van der Waals surface area contributed by atoms with Gasteiger partial charge >= 0.3 is 5.97 Å². The fraction of sp³-hybridized carbons (Fsp3) is 0.273. The van der Waals surface area contributed by atoms with Crippen LogP contribution in [0.25, 0.3) is 0 Å². The van der Waals surface area contributed by atoms with Crippen LogP contribution in [0.1, 0.15) is 19.4 Å². The van der Waals surface area contributed by atoms with Crippen LogP contribution in [-0.2, 0) is 4.79 Å². The Labute approximate surface area is 83.1 Å². The monoisotopic (exact) mass is 191 g/mol. The number of aliphatic carboxylic acids is 1. The van der Waals surface area contributed by atoms with Crippen molar-refractivity contribution >= 4 is 12.2 Å². The van der Waals surface area contributed by atoms with Gasteiger partial charge in [-0.3, -0.25) is 4.99 Å². The van der Waals surface area contributed by atoms with Gasteiger partial charge in [-0.2, -0.15) is 0 Å². The summed E-state index contributed by atoms with van der Waals surface area (Å²) in [6.45, 7) is 3.13. The molecule has 0 aromatic heterocycles. The zero-order chi connectivity index (χ0) is 10.6. The Kier molecular flexibility index (Phi) is 3.02. The zero-order valence-corrected chi connectivity index (χ0v) is 8.27. The quantitative estimate of drug-likeness (QED) is 0.742. The number of aliphatic imine (C=N–C) groups is 1. The first-order valence-corrected chi connectivity index (χ1v) is 4.36. The molecular formula is C11H13NO2. The summed E-state index contributed by atoms with van der Waals surface area (Å²) in [5, 5.41) is 8.81. The minimum Gasteiger partial charge on any atom is -0.479 e. The molecule has 0 atom stereocenters. The number of carboxylic acid groups (broad SMARTS) is 1. The molecule has 14 heavy (non-hydrogen) atoms. The standard InChI is InChI=1S/C11H13NO2/c1-11(2,10(13)14)12-8-9-6-4-3-5-7-9/h3-8H,1-2H3,(H,13,14). The van der Waals surface area contributed by atoms with Gasteiger partial charge in [-0.05, 0) is 19.4 Å². The van der Waals surface area contributed by atoms with E-state index in [0.29, 0.717) is 0 Å². The van der Waals surface area contributed by atoms with Crippen molar-refractivity contribution in [1.29, 1.82) is 0 Å². The lowest BCUT2D eigenvalue weighted by Crippen LogP contribution is -2.28. The molecule has 0 unspecified atom stereocenters. The van der Waals surface area contributed by atoms with Gasteiger partial charge in [-0.15, -0.1) is 0 Å². The highest BCUT2D eigenvalue weighted by Crippen LogP contribution is 2.08. The lowest BCUT2D eigenvalue weighted by atomic mass is 10.1. The topological polar surface area (TPSA) is 49.7 Å². The van der Waals surface area contributed by atoms with Crippen molar-refractivity contribution in [2.75, 3.05) is 0 Å². The number of benzene rings is 1. The van der Waals surface area contributed by atoms with Crippen LogP contribution in [0.2, 0.25) is 0 Å². The molecule has 0 aliphatic heterocycles. The van der Waals surface area contributed by atoms with Crippen molar-refractivity contribution in [3.63, 3.8) is 0 Å².